The van der Waals surface area contributed by atoms with Crippen molar-refractivity contribution in [3.8, 4) is 0 Å². The van der Waals surface area contributed by atoms with E-state index in [1.807, 2.05) is 0 Å². The van der Waals surface area contributed by atoms with Gasteiger partial charge in [-0.1, -0.05) is 37.3 Å². The topological polar surface area (TPSA) is 42.7 Å². The molecular formula is C17H24N4. The number of fused-ring (bicyclic) bond motifs is 1. The van der Waals surface area contributed by atoms with Gasteiger partial charge in [0.1, 0.15) is 11.6 Å². The molecule has 2 atom stereocenters. The average Bonchev–Trinajstić information content (AvgIpc) is 3.10. The summed E-state index contributed by atoms with van der Waals surface area (Å²) in [6.45, 7) is 6.54. The Bertz CT molecular complexity index is 576. The van der Waals surface area contributed by atoms with Gasteiger partial charge in [0.25, 0.3) is 0 Å². The zero-order valence-electron chi connectivity index (χ0n) is 12.9. The SMILES string of the molecule is CC(CCNC(C)c1nnc2n1CCC2)c1ccccc1. The van der Waals surface area contributed by atoms with Gasteiger partial charge in [-0.05, 0) is 37.8 Å². The highest BCUT2D eigenvalue weighted by Crippen LogP contribution is 2.20. The molecule has 1 aliphatic heterocycles. The fourth-order valence-electron chi connectivity index (χ4n) is 3.05. The second-order valence-corrected chi connectivity index (χ2v) is 6.01. The molecule has 2 heterocycles. The van der Waals surface area contributed by atoms with Crippen LogP contribution in [0, 0.1) is 0 Å². The van der Waals surface area contributed by atoms with E-state index in [0.717, 1.165) is 37.6 Å². The lowest BCUT2D eigenvalue weighted by molar-refractivity contribution is 0.493. The minimum Gasteiger partial charge on any atom is -0.314 e. The third-order valence-electron chi connectivity index (χ3n) is 4.42. The van der Waals surface area contributed by atoms with Crippen molar-refractivity contribution in [2.45, 2.75) is 51.6 Å². The Labute approximate surface area is 126 Å². The molecule has 112 valence electrons. The van der Waals surface area contributed by atoms with Crippen LogP contribution in [0.15, 0.2) is 30.3 Å². The van der Waals surface area contributed by atoms with Crippen LogP contribution >= 0.6 is 0 Å². The summed E-state index contributed by atoms with van der Waals surface area (Å²) in [7, 11) is 0. The van der Waals surface area contributed by atoms with Crippen LogP contribution in [-0.2, 0) is 13.0 Å². The maximum atomic E-state index is 4.34. The Morgan fingerprint density at radius 2 is 2.00 bits per heavy atom. The second-order valence-electron chi connectivity index (χ2n) is 6.01. The molecule has 0 fully saturated rings. The van der Waals surface area contributed by atoms with Crippen LogP contribution in [0.2, 0.25) is 0 Å². The normalized spacial score (nSPS) is 16.7. The molecule has 1 aromatic carbocycles. The number of nitrogens with one attached hydrogen (secondary N) is 1. The van der Waals surface area contributed by atoms with Crippen LogP contribution in [0.3, 0.4) is 0 Å². The molecule has 1 N–H and O–H groups in total. The number of aromatic nitrogens is 3. The van der Waals surface area contributed by atoms with Gasteiger partial charge in [0.15, 0.2) is 0 Å². The molecule has 0 amide bonds. The molecule has 0 radical (unpaired) electrons. The van der Waals surface area contributed by atoms with Crippen molar-refractivity contribution in [2.24, 2.45) is 0 Å². The van der Waals surface area contributed by atoms with Gasteiger partial charge >= 0.3 is 0 Å². The summed E-state index contributed by atoms with van der Waals surface area (Å²) in [6, 6.07) is 11.0. The number of rotatable bonds is 6. The van der Waals surface area contributed by atoms with Gasteiger partial charge in [-0.25, -0.2) is 0 Å². The van der Waals surface area contributed by atoms with Crippen molar-refractivity contribution in [2.75, 3.05) is 6.54 Å². The van der Waals surface area contributed by atoms with E-state index in [-0.39, 0.29) is 6.04 Å². The lowest BCUT2D eigenvalue weighted by atomic mass is 9.98. The van der Waals surface area contributed by atoms with Crippen molar-refractivity contribution in [1.29, 1.82) is 0 Å². The smallest absolute Gasteiger partial charge is 0.149 e. The van der Waals surface area contributed by atoms with Crippen LogP contribution in [0.25, 0.3) is 0 Å². The van der Waals surface area contributed by atoms with Crippen LogP contribution in [0.5, 0.6) is 0 Å². The van der Waals surface area contributed by atoms with Crippen LogP contribution in [-0.4, -0.2) is 21.3 Å². The molecule has 3 rings (SSSR count). The summed E-state index contributed by atoms with van der Waals surface area (Å²) in [4.78, 5) is 0. The van der Waals surface area contributed by atoms with Gasteiger partial charge < -0.3 is 9.88 Å². The molecule has 0 bridgehead atoms. The molecule has 0 spiro atoms. The van der Waals surface area contributed by atoms with Crippen LogP contribution in [0.4, 0.5) is 0 Å². The van der Waals surface area contributed by atoms with Crippen LogP contribution in [0.1, 0.15) is 55.9 Å². The maximum Gasteiger partial charge on any atom is 0.149 e. The lowest BCUT2D eigenvalue weighted by Gasteiger charge is -2.16. The number of hydrogen-bond donors (Lipinski definition) is 1. The zero-order chi connectivity index (χ0) is 14.7. The second kappa shape index (κ2) is 6.39. The predicted octanol–water partition coefficient (Wildman–Crippen LogP) is 3.07. The molecule has 21 heavy (non-hydrogen) atoms. The highest BCUT2D eigenvalue weighted by Gasteiger charge is 2.20. The van der Waals surface area contributed by atoms with Crippen molar-refractivity contribution in [1.82, 2.24) is 20.1 Å². The molecule has 0 saturated carbocycles. The third-order valence-corrected chi connectivity index (χ3v) is 4.42. The van der Waals surface area contributed by atoms with Gasteiger partial charge in [-0.2, -0.15) is 0 Å². The van der Waals surface area contributed by atoms with Gasteiger partial charge in [-0.3, -0.25) is 0 Å². The molecule has 2 aromatic rings. The van der Waals surface area contributed by atoms with Gasteiger partial charge in [0.2, 0.25) is 0 Å². The van der Waals surface area contributed by atoms with Crippen molar-refractivity contribution >= 4 is 0 Å². The Hall–Kier alpha value is -1.68. The highest BCUT2D eigenvalue weighted by molar-refractivity contribution is 5.18. The number of nitrogens with zero attached hydrogens (tertiary/aromatic N) is 3. The first-order valence-electron chi connectivity index (χ1n) is 7.96. The average molecular weight is 284 g/mol. The van der Waals surface area contributed by atoms with Gasteiger partial charge in [0.05, 0.1) is 6.04 Å². The molecule has 0 aliphatic carbocycles. The molecule has 1 aromatic heterocycles. The van der Waals surface area contributed by atoms with Crippen molar-refractivity contribution in [3.05, 3.63) is 47.5 Å². The summed E-state index contributed by atoms with van der Waals surface area (Å²) >= 11 is 0. The van der Waals surface area contributed by atoms with E-state index in [2.05, 4.69) is 64.3 Å². The largest absolute Gasteiger partial charge is 0.314 e. The third kappa shape index (κ3) is 3.16. The van der Waals surface area contributed by atoms with E-state index in [9.17, 15) is 0 Å². The molecule has 2 unspecified atom stereocenters. The monoisotopic (exact) mass is 284 g/mol. The van der Waals surface area contributed by atoms with E-state index in [1.165, 1.54) is 12.0 Å². The predicted molar refractivity (Wildman–Crippen MR) is 84.2 cm³/mol. The number of hydrogen-bond acceptors (Lipinski definition) is 3. The summed E-state index contributed by atoms with van der Waals surface area (Å²) in [6.07, 6.45) is 3.41. The fourth-order valence-corrected chi connectivity index (χ4v) is 3.05. The number of aryl methyl sites for hydroxylation is 1. The molecule has 1 aliphatic rings. The van der Waals surface area contributed by atoms with Gasteiger partial charge in [-0.15, -0.1) is 10.2 Å². The number of benzene rings is 1. The minimum absolute atomic E-state index is 0.271. The Balaban J connectivity index is 1.51. The Kier molecular flexibility index (Phi) is 4.34. The zero-order valence-corrected chi connectivity index (χ0v) is 12.9. The Morgan fingerprint density at radius 1 is 1.19 bits per heavy atom. The van der Waals surface area contributed by atoms with Crippen LogP contribution < -0.4 is 5.32 Å². The summed E-state index contributed by atoms with van der Waals surface area (Å²) < 4.78 is 2.28. The fraction of sp³-hybridized carbons (Fsp3) is 0.529. The highest BCUT2D eigenvalue weighted by atomic mass is 15.3. The molecular weight excluding hydrogens is 260 g/mol. The standard InChI is InChI=1S/C17H24N4/c1-13(15-7-4-3-5-8-15)10-11-18-14(2)17-20-19-16-9-6-12-21(16)17/h3-5,7-8,13-14,18H,6,9-12H2,1-2H3. The lowest BCUT2D eigenvalue weighted by Crippen LogP contribution is -2.24. The van der Waals surface area contributed by atoms with E-state index >= 15 is 0 Å². The molecule has 4 heteroatoms. The van der Waals surface area contributed by atoms with Gasteiger partial charge in [0, 0.05) is 13.0 Å². The molecule has 0 saturated heterocycles. The molecule has 4 nitrogen and oxygen atoms in total. The van der Waals surface area contributed by atoms with Crippen molar-refractivity contribution < 1.29 is 0 Å². The summed E-state index contributed by atoms with van der Waals surface area (Å²) in [5.74, 6) is 2.82. The van der Waals surface area contributed by atoms with E-state index in [4.69, 9.17) is 0 Å². The maximum absolute atomic E-state index is 4.34. The minimum atomic E-state index is 0.271. The summed E-state index contributed by atoms with van der Waals surface area (Å²) in [5, 5.41) is 12.2. The van der Waals surface area contributed by atoms with E-state index < -0.39 is 0 Å². The quantitative estimate of drug-likeness (QED) is 0.886. The first-order chi connectivity index (χ1) is 10.3. The van der Waals surface area contributed by atoms with E-state index in [1.54, 1.807) is 0 Å². The van der Waals surface area contributed by atoms with E-state index in [0.29, 0.717) is 5.92 Å². The summed E-state index contributed by atoms with van der Waals surface area (Å²) in [5.41, 5.74) is 1.41. The first kappa shape index (κ1) is 14.3. The van der Waals surface area contributed by atoms with Crippen molar-refractivity contribution in [3.63, 3.8) is 0 Å². The first-order valence-corrected chi connectivity index (χ1v) is 7.96. The Morgan fingerprint density at radius 3 is 2.81 bits per heavy atom.